The quantitative estimate of drug-likeness (QED) is 0.149. The lowest BCUT2D eigenvalue weighted by Gasteiger charge is -2.28. The number of aromatic nitrogens is 6. The fourth-order valence-electron chi connectivity index (χ4n) is 5.67. The van der Waals surface area contributed by atoms with Crippen LogP contribution in [0.3, 0.4) is 0 Å². The number of hydrogen-bond acceptors (Lipinski definition) is 9. The van der Waals surface area contributed by atoms with Crippen LogP contribution in [0, 0.1) is 6.92 Å². The molecule has 1 fully saturated rings. The molecule has 12 heteroatoms. The van der Waals surface area contributed by atoms with Gasteiger partial charge in [-0.1, -0.05) is 26.8 Å². The molecule has 248 valence electrons. The zero-order valence-electron chi connectivity index (χ0n) is 28.0. The highest BCUT2D eigenvalue weighted by Crippen LogP contribution is 2.29. The van der Waals surface area contributed by atoms with Crippen molar-refractivity contribution in [2.45, 2.75) is 33.1 Å². The molecule has 2 amide bonds. The summed E-state index contributed by atoms with van der Waals surface area (Å²) in [6.07, 6.45) is 5.19. The van der Waals surface area contributed by atoms with Crippen molar-refractivity contribution in [1.82, 2.24) is 35.0 Å². The Kier molecular flexibility index (Phi) is 8.62. The molecule has 1 aliphatic heterocycles. The number of carbonyl (C=O) groups excluding carboxylic acids is 1. The minimum atomic E-state index is -0.394. The molecule has 0 atom stereocenters. The van der Waals surface area contributed by atoms with Gasteiger partial charge < -0.3 is 20.9 Å². The highest BCUT2D eigenvalue weighted by atomic mass is 16.2. The fraction of sp³-hybridized carbons (Fsp3) is 0.243. The van der Waals surface area contributed by atoms with Gasteiger partial charge in [0.05, 0.1) is 22.6 Å². The normalized spacial score (nSPS) is 13.3. The van der Waals surface area contributed by atoms with Crippen LogP contribution in [0.5, 0.6) is 0 Å². The monoisotopic (exact) mass is 653 g/mol. The number of fused-ring (bicyclic) bond motifs is 1. The summed E-state index contributed by atoms with van der Waals surface area (Å²) in [5.41, 5.74) is 6.35. The first-order chi connectivity index (χ1) is 23.7. The zero-order chi connectivity index (χ0) is 34.0. The Balaban J connectivity index is 1.10. The van der Waals surface area contributed by atoms with Crippen molar-refractivity contribution in [3.05, 3.63) is 103 Å². The Labute approximate surface area is 285 Å². The van der Waals surface area contributed by atoms with Gasteiger partial charge in [0, 0.05) is 78.6 Å². The number of amides is 2. The van der Waals surface area contributed by atoms with Crippen LogP contribution in [0.4, 0.5) is 33.8 Å². The van der Waals surface area contributed by atoms with E-state index in [0.29, 0.717) is 17.5 Å². The van der Waals surface area contributed by atoms with Crippen LogP contribution in [0.2, 0.25) is 0 Å². The molecule has 2 aromatic carbocycles. The van der Waals surface area contributed by atoms with Crippen LogP contribution < -0.4 is 26.2 Å². The summed E-state index contributed by atoms with van der Waals surface area (Å²) in [6, 6.07) is 23.1. The maximum absolute atomic E-state index is 13.4. The standard InChI is InChI=1S/C37H39N11O/c1-24-7-9-27(21-31(24)44-35-40-15-13-30(43-35)26-6-5-14-39-23-26)41-36(49)45-34-22-32(37(2,3)4)46-48(34)28-10-11-29-25(20-28)8-12-33(42-29)47-18-16-38-17-19-47/h5-15,20-23,38H,16-19H2,1-4H3,(H,40,43,44)(H2,41,45,49). The first-order valence-corrected chi connectivity index (χ1v) is 16.4. The molecule has 12 nitrogen and oxygen atoms in total. The third-order valence-corrected chi connectivity index (χ3v) is 8.42. The lowest BCUT2D eigenvalue weighted by atomic mass is 9.92. The molecule has 7 rings (SSSR count). The molecule has 6 aromatic rings. The number of rotatable bonds is 7. The number of nitrogens with one attached hydrogen (secondary N) is 4. The van der Waals surface area contributed by atoms with Gasteiger partial charge in [0.1, 0.15) is 11.6 Å². The Bertz CT molecular complexity index is 2120. The number of urea groups is 1. The average Bonchev–Trinajstić information content (AvgIpc) is 3.54. The predicted octanol–water partition coefficient (Wildman–Crippen LogP) is 6.68. The van der Waals surface area contributed by atoms with Crippen LogP contribution in [-0.4, -0.2) is 61.9 Å². The number of hydrogen-bond donors (Lipinski definition) is 4. The van der Waals surface area contributed by atoms with Crippen molar-refractivity contribution in [3.8, 4) is 16.9 Å². The number of nitrogens with zero attached hydrogens (tertiary/aromatic N) is 7. The molecule has 4 N–H and O–H groups in total. The molecule has 4 aromatic heterocycles. The third kappa shape index (κ3) is 7.19. The molecule has 0 unspecified atom stereocenters. The number of anilines is 5. The third-order valence-electron chi connectivity index (χ3n) is 8.42. The van der Waals surface area contributed by atoms with Crippen molar-refractivity contribution < 1.29 is 4.79 Å². The van der Waals surface area contributed by atoms with Crippen LogP contribution in [-0.2, 0) is 5.41 Å². The van der Waals surface area contributed by atoms with E-state index in [4.69, 9.17) is 10.1 Å². The first kappa shape index (κ1) is 31.7. The van der Waals surface area contributed by atoms with Gasteiger partial charge in [-0.15, -0.1) is 0 Å². The molecular formula is C37H39N11O. The number of aryl methyl sites for hydroxylation is 1. The maximum Gasteiger partial charge on any atom is 0.324 e. The summed E-state index contributed by atoms with van der Waals surface area (Å²) in [4.78, 5) is 33.9. The number of piperazine rings is 1. The van der Waals surface area contributed by atoms with Gasteiger partial charge in [-0.05, 0) is 73.2 Å². The van der Waals surface area contributed by atoms with Crippen molar-refractivity contribution in [2.24, 2.45) is 0 Å². The highest BCUT2D eigenvalue weighted by Gasteiger charge is 2.22. The SMILES string of the molecule is Cc1ccc(NC(=O)Nc2cc(C(C)(C)C)nn2-c2ccc3nc(N4CCNCC4)ccc3c2)cc1Nc1nccc(-c2cccnc2)n1. The lowest BCUT2D eigenvalue weighted by molar-refractivity contribution is 0.262. The molecule has 1 saturated heterocycles. The summed E-state index contributed by atoms with van der Waals surface area (Å²) in [5.74, 6) is 1.98. The Morgan fingerprint density at radius 1 is 0.898 bits per heavy atom. The molecule has 0 bridgehead atoms. The van der Waals surface area contributed by atoms with Crippen LogP contribution in [0.1, 0.15) is 32.0 Å². The van der Waals surface area contributed by atoms with E-state index in [2.05, 4.69) is 80.1 Å². The largest absolute Gasteiger partial charge is 0.354 e. The predicted molar refractivity (Wildman–Crippen MR) is 195 cm³/mol. The summed E-state index contributed by atoms with van der Waals surface area (Å²) >= 11 is 0. The second kappa shape index (κ2) is 13.3. The van der Waals surface area contributed by atoms with Gasteiger partial charge >= 0.3 is 6.03 Å². The summed E-state index contributed by atoms with van der Waals surface area (Å²) in [6.45, 7) is 12.1. The minimum absolute atomic E-state index is 0.233. The average molecular weight is 654 g/mol. The fourth-order valence-corrected chi connectivity index (χ4v) is 5.67. The van der Waals surface area contributed by atoms with Crippen molar-refractivity contribution >= 4 is 45.9 Å². The van der Waals surface area contributed by atoms with Gasteiger partial charge in [-0.25, -0.2) is 24.4 Å². The Hall–Kier alpha value is -5.88. The molecule has 1 aliphatic rings. The molecule has 0 radical (unpaired) electrons. The lowest BCUT2D eigenvalue weighted by Crippen LogP contribution is -2.43. The second-order valence-electron chi connectivity index (χ2n) is 13.1. The molecule has 0 spiro atoms. The first-order valence-electron chi connectivity index (χ1n) is 16.4. The zero-order valence-corrected chi connectivity index (χ0v) is 28.0. The van der Waals surface area contributed by atoms with Gasteiger partial charge in [0.15, 0.2) is 0 Å². The Morgan fingerprint density at radius 2 is 1.76 bits per heavy atom. The van der Waals surface area contributed by atoms with E-state index in [1.54, 1.807) is 23.3 Å². The number of pyridine rings is 2. The van der Waals surface area contributed by atoms with E-state index in [0.717, 1.165) is 76.8 Å². The second-order valence-corrected chi connectivity index (χ2v) is 13.1. The van der Waals surface area contributed by atoms with Crippen molar-refractivity contribution in [1.29, 1.82) is 0 Å². The summed E-state index contributed by atoms with van der Waals surface area (Å²) in [5, 5.41) is 18.6. The van der Waals surface area contributed by atoms with E-state index >= 15 is 0 Å². The van der Waals surface area contributed by atoms with Crippen LogP contribution in [0.25, 0.3) is 27.8 Å². The molecule has 0 aliphatic carbocycles. The van der Waals surface area contributed by atoms with Crippen molar-refractivity contribution in [2.75, 3.05) is 47.0 Å². The topological polar surface area (TPSA) is 138 Å². The van der Waals surface area contributed by atoms with Gasteiger partial charge in [0.2, 0.25) is 5.95 Å². The number of benzene rings is 2. The summed E-state index contributed by atoms with van der Waals surface area (Å²) < 4.78 is 1.78. The van der Waals surface area contributed by atoms with Gasteiger partial charge in [-0.2, -0.15) is 5.10 Å². The Morgan fingerprint density at radius 3 is 2.55 bits per heavy atom. The molecular weight excluding hydrogens is 614 g/mol. The van der Waals surface area contributed by atoms with Gasteiger partial charge in [0.25, 0.3) is 0 Å². The van der Waals surface area contributed by atoms with E-state index in [9.17, 15) is 4.79 Å². The van der Waals surface area contributed by atoms with Gasteiger partial charge in [-0.3, -0.25) is 10.3 Å². The van der Waals surface area contributed by atoms with Crippen LogP contribution >= 0.6 is 0 Å². The highest BCUT2D eigenvalue weighted by molar-refractivity contribution is 6.00. The molecule has 49 heavy (non-hydrogen) atoms. The van der Waals surface area contributed by atoms with E-state index in [1.807, 2.05) is 61.5 Å². The molecule has 5 heterocycles. The van der Waals surface area contributed by atoms with E-state index in [-0.39, 0.29) is 5.41 Å². The van der Waals surface area contributed by atoms with Crippen LogP contribution in [0.15, 0.2) is 91.4 Å². The molecule has 0 saturated carbocycles. The van der Waals surface area contributed by atoms with E-state index < -0.39 is 6.03 Å². The minimum Gasteiger partial charge on any atom is -0.354 e. The smallest absolute Gasteiger partial charge is 0.324 e. The number of carbonyl (C=O) groups is 1. The summed E-state index contributed by atoms with van der Waals surface area (Å²) in [7, 11) is 0. The van der Waals surface area contributed by atoms with E-state index in [1.165, 1.54) is 0 Å². The maximum atomic E-state index is 13.4. The van der Waals surface area contributed by atoms with Crippen molar-refractivity contribution in [3.63, 3.8) is 0 Å².